The van der Waals surface area contributed by atoms with Crippen LogP contribution in [0.25, 0.3) is 12.2 Å². The van der Waals surface area contributed by atoms with Crippen LogP contribution in [0.15, 0.2) is 70.2 Å². The van der Waals surface area contributed by atoms with Crippen molar-refractivity contribution >= 4 is 23.9 Å². The highest BCUT2D eigenvalue weighted by atomic mass is 32.2. The van der Waals surface area contributed by atoms with Gasteiger partial charge in [-0.3, -0.25) is 0 Å². The lowest BCUT2D eigenvalue weighted by molar-refractivity contribution is 0.546. The first-order valence-electron chi connectivity index (χ1n) is 6.67. The molecule has 21 heavy (non-hydrogen) atoms. The summed E-state index contributed by atoms with van der Waals surface area (Å²) >= 11 is 1.70. The molecule has 0 saturated heterocycles. The van der Waals surface area contributed by atoms with Crippen molar-refractivity contribution in [2.24, 2.45) is 0 Å². The number of thioether (sulfide) groups is 1. The quantitative estimate of drug-likeness (QED) is 0.623. The van der Waals surface area contributed by atoms with E-state index in [2.05, 4.69) is 11.1 Å². The van der Waals surface area contributed by atoms with Crippen LogP contribution in [-0.2, 0) is 5.75 Å². The Labute approximate surface area is 128 Å². The average Bonchev–Trinajstić information content (AvgIpc) is 3.01. The third kappa shape index (κ3) is 4.10. The summed E-state index contributed by atoms with van der Waals surface area (Å²) in [5.74, 6) is 1.41. The maximum atomic E-state index is 5.45. The fourth-order valence-electron chi connectivity index (χ4n) is 1.82. The highest BCUT2D eigenvalue weighted by molar-refractivity contribution is 7.98. The Morgan fingerprint density at radius 3 is 2.71 bits per heavy atom. The van der Waals surface area contributed by atoms with Gasteiger partial charge in [-0.2, -0.15) is 0 Å². The zero-order valence-electron chi connectivity index (χ0n) is 11.4. The van der Waals surface area contributed by atoms with Gasteiger partial charge >= 0.3 is 0 Å². The summed E-state index contributed by atoms with van der Waals surface area (Å²) < 4.78 is 5.45. The van der Waals surface area contributed by atoms with Crippen molar-refractivity contribution in [3.8, 4) is 0 Å². The number of hydrogen-bond acceptors (Lipinski definition) is 3. The smallest absolute Gasteiger partial charge is 0.218 e. The lowest BCUT2D eigenvalue weighted by Gasteiger charge is -1.96. The third-order valence-electron chi connectivity index (χ3n) is 2.84. The van der Waals surface area contributed by atoms with E-state index in [-0.39, 0.29) is 0 Å². The summed E-state index contributed by atoms with van der Waals surface area (Å²) in [6.45, 7) is 0. The molecule has 2 nitrogen and oxygen atoms in total. The molecule has 1 radical (unpaired) electrons. The third-order valence-corrected chi connectivity index (χ3v) is 3.85. The van der Waals surface area contributed by atoms with E-state index in [4.69, 9.17) is 4.42 Å². The van der Waals surface area contributed by atoms with E-state index in [0.29, 0.717) is 5.89 Å². The maximum absolute atomic E-state index is 5.45. The second kappa shape index (κ2) is 6.95. The van der Waals surface area contributed by atoms with E-state index in [1.54, 1.807) is 18.0 Å². The number of rotatable bonds is 5. The molecular formula is C18H14NOS. The molecule has 0 atom stereocenters. The van der Waals surface area contributed by atoms with Crippen LogP contribution in [-0.4, -0.2) is 4.98 Å². The Morgan fingerprint density at radius 2 is 1.90 bits per heavy atom. The first kappa shape index (κ1) is 13.7. The molecule has 3 rings (SSSR count). The molecule has 0 amide bonds. The molecule has 0 aliphatic heterocycles. The Balaban J connectivity index is 1.60. The molecule has 0 aliphatic rings. The van der Waals surface area contributed by atoms with E-state index in [0.717, 1.165) is 21.9 Å². The van der Waals surface area contributed by atoms with Crippen LogP contribution in [0.3, 0.4) is 0 Å². The molecule has 0 saturated carbocycles. The number of hydrogen-bond donors (Lipinski definition) is 0. The molecule has 1 aromatic heterocycles. The zero-order valence-corrected chi connectivity index (χ0v) is 12.2. The SMILES string of the molecule is [c]1ccccc1SCc1coc(C=Cc2ccccc2)n1. The number of benzene rings is 2. The van der Waals surface area contributed by atoms with Gasteiger partial charge in [0.2, 0.25) is 5.89 Å². The molecule has 3 heteroatoms. The van der Waals surface area contributed by atoms with Crippen LogP contribution in [0.2, 0.25) is 0 Å². The van der Waals surface area contributed by atoms with Gasteiger partial charge in [-0.05, 0) is 23.8 Å². The summed E-state index contributed by atoms with van der Waals surface area (Å²) in [7, 11) is 0. The van der Waals surface area contributed by atoms with Gasteiger partial charge in [0.1, 0.15) is 6.26 Å². The number of oxazole rings is 1. The zero-order chi connectivity index (χ0) is 14.3. The molecular weight excluding hydrogens is 278 g/mol. The van der Waals surface area contributed by atoms with Crippen molar-refractivity contribution < 1.29 is 4.42 Å². The molecule has 2 aromatic carbocycles. The minimum atomic E-state index is 0.631. The monoisotopic (exact) mass is 292 g/mol. The van der Waals surface area contributed by atoms with Crippen molar-refractivity contribution in [2.75, 3.05) is 0 Å². The van der Waals surface area contributed by atoms with Gasteiger partial charge in [0.05, 0.1) is 5.69 Å². The van der Waals surface area contributed by atoms with Gasteiger partial charge in [0.25, 0.3) is 0 Å². The second-order valence-electron chi connectivity index (χ2n) is 4.44. The van der Waals surface area contributed by atoms with Crippen LogP contribution in [0.1, 0.15) is 17.1 Å². The van der Waals surface area contributed by atoms with Crippen LogP contribution in [0.5, 0.6) is 0 Å². The van der Waals surface area contributed by atoms with Crippen molar-refractivity contribution in [1.82, 2.24) is 4.98 Å². The fraction of sp³-hybridized carbons (Fsp3) is 0.0556. The lowest BCUT2D eigenvalue weighted by Crippen LogP contribution is -1.81. The van der Waals surface area contributed by atoms with Gasteiger partial charge < -0.3 is 4.42 Å². The van der Waals surface area contributed by atoms with E-state index in [9.17, 15) is 0 Å². The second-order valence-corrected chi connectivity index (χ2v) is 5.45. The minimum absolute atomic E-state index is 0.631. The summed E-state index contributed by atoms with van der Waals surface area (Å²) in [5, 5.41) is 0. The van der Waals surface area contributed by atoms with Gasteiger partial charge in [0, 0.05) is 16.7 Å². The van der Waals surface area contributed by atoms with Crippen LogP contribution in [0, 0.1) is 6.07 Å². The normalized spacial score (nSPS) is 11.0. The van der Waals surface area contributed by atoms with Crippen molar-refractivity contribution in [3.05, 3.63) is 84.1 Å². The Kier molecular flexibility index (Phi) is 4.54. The summed E-state index contributed by atoms with van der Waals surface area (Å²) in [6, 6.07) is 21.2. The Bertz CT molecular complexity index is 704. The predicted octanol–water partition coefficient (Wildman–Crippen LogP) is 4.94. The van der Waals surface area contributed by atoms with Gasteiger partial charge in [-0.1, -0.05) is 48.5 Å². The van der Waals surface area contributed by atoms with Crippen molar-refractivity contribution in [3.63, 3.8) is 0 Å². The topological polar surface area (TPSA) is 26.0 Å². The summed E-state index contributed by atoms with van der Waals surface area (Å²) in [5.41, 5.74) is 2.07. The fourth-order valence-corrected chi connectivity index (χ4v) is 2.58. The highest BCUT2D eigenvalue weighted by Gasteiger charge is 2.02. The van der Waals surface area contributed by atoms with Crippen molar-refractivity contribution in [1.29, 1.82) is 0 Å². The number of aromatic nitrogens is 1. The molecule has 0 aliphatic carbocycles. The van der Waals surface area contributed by atoms with Crippen LogP contribution < -0.4 is 0 Å². The molecule has 0 bridgehead atoms. The summed E-state index contributed by atoms with van der Waals surface area (Å²) in [6.07, 6.45) is 5.59. The van der Waals surface area contributed by atoms with Gasteiger partial charge in [-0.25, -0.2) is 4.98 Å². The Morgan fingerprint density at radius 1 is 1.05 bits per heavy atom. The minimum Gasteiger partial charge on any atom is -0.445 e. The molecule has 0 N–H and O–H groups in total. The molecule has 103 valence electrons. The summed E-state index contributed by atoms with van der Waals surface area (Å²) in [4.78, 5) is 5.57. The van der Waals surface area contributed by atoms with Crippen molar-refractivity contribution in [2.45, 2.75) is 10.6 Å². The maximum Gasteiger partial charge on any atom is 0.218 e. The lowest BCUT2D eigenvalue weighted by atomic mass is 10.2. The van der Waals surface area contributed by atoms with E-state index in [1.807, 2.05) is 66.7 Å². The average molecular weight is 292 g/mol. The Hall–Kier alpha value is -2.26. The van der Waals surface area contributed by atoms with E-state index >= 15 is 0 Å². The molecule has 1 heterocycles. The molecule has 3 aromatic rings. The largest absolute Gasteiger partial charge is 0.445 e. The predicted molar refractivity (Wildman–Crippen MR) is 86.7 cm³/mol. The molecule has 0 spiro atoms. The highest BCUT2D eigenvalue weighted by Crippen LogP contribution is 2.21. The van der Waals surface area contributed by atoms with Gasteiger partial charge in [0.15, 0.2) is 0 Å². The first-order chi connectivity index (χ1) is 10.4. The van der Waals surface area contributed by atoms with Crippen LogP contribution in [0.4, 0.5) is 0 Å². The first-order valence-corrected chi connectivity index (χ1v) is 7.66. The van der Waals surface area contributed by atoms with E-state index in [1.165, 1.54) is 0 Å². The molecule has 0 unspecified atom stereocenters. The van der Waals surface area contributed by atoms with E-state index < -0.39 is 0 Å². The van der Waals surface area contributed by atoms with Crippen LogP contribution >= 0.6 is 11.8 Å². The number of nitrogens with zero attached hydrogens (tertiary/aromatic N) is 1. The standard InChI is InChI=1S/C18H14NOS/c1-3-7-15(8-4-1)11-12-18-19-16(13-20-18)14-21-17-9-5-2-6-10-17/h1-9,11-13H,14H2. The molecule has 0 fully saturated rings. The van der Waals surface area contributed by atoms with Gasteiger partial charge in [-0.15, -0.1) is 11.8 Å².